The number of nitrogens with zero attached hydrogens (tertiary/aromatic N) is 4. The number of fused-ring (bicyclic) bond motifs is 2. The summed E-state index contributed by atoms with van der Waals surface area (Å²) in [6.45, 7) is 0.908. The first-order valence-electron chi connectivity index (χ1n) is 12.5. The van der Waals surface area contributed by atoms with Gasteiger partial charge in [-0.05, 0) is 35.1 Å². The van der Waals surface area contributed by atoms with Crippen molar-refractivity contribution in [3.8, 4) is 0 Å². The second-order valence-electron chi connectivity index (χ2n) is 9.21. The van der Waals surface area contributed by atoms with Gasteiger partial charge in [0.2, 0.25) is 5.13 Å². The molecule has 0 radical (unpaired) electrons. The van der Waals surface area contributed by atoms with E-state index < -0.39 is 12.2 Å². The number of aryl methyl sites for hydroxylation is 2. The van der Waals surface area contributed by atoms with Crippen LogP contribution in [0.2, 0.25) is 0 Å². The van der Waals surface area contributed by atoms with Crippen molar-refractivity contribution in [2.24, 2.45) is 0 Å². The highest BCUT2D eigenvalue weighted by molar-refractivity contribution is 7.15. The predicted octanol–water partition coefficient (Wildman–Crippen LogP) is 4.55. The first-order valence-corrected chi connectivity index (χ1v) is 14.1. The molecule has 0 bridgehead atoms. The minimum Gasteiger partial charge on any atom is -0.361 e. The standard InChI is InChI=1S/C27H25N5O4S2/c33-20(24-18-9-3-1-7-16(18)14-35-24)13-23-31-29-21(37-23)11-5-6-12-22-30-32-27(38-22)28-26(34)25-19-10-4-2-8-17(19)15-36-25/h1-4,7-10,24-25H,5-6,11-15H2,(H,28,32,34). The quantitative estimate of drug-likeness (QED) is 0.288. The molecule has 38 heavy (non-hydrogen) atoms. The van der Waals surface area contributed by atoms with Gasteiger partial charge in [-0.3, -0.25) is 14.9 Å². The van der Waals surface area contributed by atoms with Crippen LogP contribution >= 0.6 is 22.7 Å². The summed E-state index contributed by atoms with van der Waals surface area (Å²) in [5.74, 6) is -0.215. The number of benzene rings is 2. The maximum Gasteiger partial charge on any atom is 0.259 e. The van der Waals surface area contributed by atoms with Crippen molar-refractivity contribution in [2.75, 3.05) is 5.32 Å². The van der Waals surface area contributed by atoms with Crippen molar-refractivity contribution >= 4 is 39.5 Å². The van der Waals surface area contributed by atoms with E-state index in [4.69, 9.17) is 9.47 Å². The molecule has 4 aromatic rings. The molecule has 9 nitrogen and oxygen atoms in total. The van der Waals surface area contributed by atoms with E-state index in [1.165, 1.54) is 22.7 Å². The van der Waals surface area contributed by atoms with Gasteiger partial charge in [-0.2, -0.15) is 0 Å². The minimum absolute atomic E-state index is 0.0144. The summed E-state index contributed by atoms with van der Waals surface area (Å²) in [6.07, 6.45) is 2.47. The van der Waals surface area contributed by atoms with Crippen LogP contribution in [0.1, 0.15) is 62.3 Å². The molecule has 0 saturated heterocycles. The fourth-order valence-corrected chi connectivity index (χ4v) is 6.36. The molecule has 1 amide bonds. The number of carbonyl (C=O) groups excluding carboxylic acids is 2. The molecular weight excluding hydrogens is 522 g/mol. The third kappa shape index (κ3) is 5.41. The van der Waals surface area contributed by atoms with Crippen LogP contribution < -0.4 is 5.32 Å². The number of anilines is 1. The molecule has 2 atom stereocenters. The molecule has 0 spiro atoms. The maximum absolute atomic E-state index is 12.8. The van der Waals surface area contributed by atoms with Crippen molar-refractivity contribution in [1.29, 1.82) is 0 Å². The van der Waals surface area contributed by atoms with Crippen LogP contribution in [0.4, 0.5) is 5.13 Å². The zero-order chi connectivity index (χ0) is 25.9. The average Bonchev–Trinajstić information content (AvgIpc) is 3.73. The monoisotopic (exact) mass is 547 g/mol. The van der Waals surface area contributed by atoms with Gasteiger partial charge in [-0.25, -0.2) is 0 Å². The first kappa shape index (κ1) is 24.9. The molecule has 11 heteroatoms. The molecule has 2 aliphatic rings. The van der Waals surface area contributed by atoms with Crippen LogP contribution in [0.25, 0.3) is 0 Å². The van der Waals surface area contributed by atoms with E-state index in [1.807, 2.05) is 48.5 Å². The van der Waals surface area contributed by atoms with E-state index in [2.05, 4.69) is 25.7 Å². The molecule has 2 aromatic carbocycles. The van der Waals surface area contributed by atoms with Gasteiger partial charge < -0.3 is 9.47 Å². The van der Waals surface area contributed by atoms with E-state index in [-0.39, 0.29) is 18.1 Å². The van der Waals surface area contributed by atoms with E-state index in [0.29, 0.717) is 18.3 Å². The molecule has 6 rings (SSSR count). The summed E-state index contributed by atoms with van der Waals surface area (Å²) < 4.78 is 11.4. The molecule has 4 heterocycles. The predicted molar refractivity (Wildman–Crippen MR) is 142 cm³/mol. The molecule has 0 aliphatic carbocycles. The molecule has 1 N–H and O–H groups in total. The zero-order valence-electron chi connectivity index (χ0n) is 20.5. The molecule has 0 fully saturated rings. The Kier molecular flexibility index (Phi) is 7.32. The summed E-state index contributed by atoms with van der Waals surface area (Å²) in [6, 6.07) is 15.6. The summed E-state index contributed by atoms with van der Waals surface area (Å²) in [5, 5.41) is 22.6. The van der Waals surface area contributed by atoms with Gasteiger partial charge in [-0.15, -0.1) is 31.7 Å². The molecule has 2 aliphatic heterocycles. The number of Topliss-reactive ketones (excluding diaryl/α,β-unsaturated/α-hetero) is 1. The van der Waals surface area contributed by atoms with Gasteiger partial charge in [0.1, 0.15) is 21.1 Å². The number of ketones is 1. The Morgan fingerprint density at radius 1 is 0.763 bits per heavy atom. The summed E-state index contributed by atoms with van der Waals surface area (Å²) in [5.41, 5.74) is 3.96. The highest BCUT2D eigenvalue weighted by atomic mass is 32.1. The number of nitrogens with one attached hydrogen (secondary N) is 1. The van der Waals surface area contributed by atoms with Crippen LogP contribution in [-0.4, -0.2) is 32.1 Å². The van der Waals surface area contributed by atoms with Crippen LogP contribution in [0.5, 0.6) is 0 Å². The van der Waals surface area contributed by atoms with Gasteiger partial charge in [0, 0.05) is 12.8 Å². The van der Waals surface area contributed by atoms with Crippen LogP contribution in [0.3, 0.4) is 0 Å². The SMILES string of the molecule is O=C(Cc1nnc(CCCCc2nnc(NC(=O)C3OCc4ccccc43)s2)s1)C1OCc2ccccc21. The largest absolute Gasteiger partial charge is 0.361 e. The van der Waals surface area contributed by atoms with Gasteiger partial charge in [0.05, 0.1) is 19.6 Å². The third-order valence-electron chi connectivity index (χ3n) is 6.58. The van der Waals surface area contributed by atoms with Gasteiger partial charge in [0.25, 0.3) is 5.91 Å². The number of aromatic nitrogens is 4. The van der Waals surface area contributed by atoms with Crippen molar-refractivity contribution in [3.63, 3.8) is 0 Å². The Labute approximate surface area is 227 Å². The van der Waals surface area contributed by atoms with E-state index >= 15 is 0 Å². The normalized spacial score (nSPS) is 17.8. The van der Waals surface area contributed by atoms with E-state index in [1.54, 1.807) is 0 Å². The third-order valence-corrected chi connectivity index (χ3v) is 8.46. The van der Waals surface area contributed by atoms with Crippen molar-refractivity contribution < 1.29 is 19.1 Å². The number of unbranched alkanes of at least 4 members (excludes halogenated alkanes) is 1. The highest BCUT2D eigenvalue weighted by Crippen LogP contribution is 2.33. The Balaban J connectivity index is 0.940. The maximum atomic E-state index is 12.8. The second kappa shape index (κ2) is 11.2. The lowest BCUT2D eigenvalue weighted by Gasteiger charge is -2.09. The zero-order valence-corrected chi connectivity index (χ0v) is 22.1. The second-order valence-corrected chi connectivity index (χ2v) is 11.4. The molecule has 0 saturated carbocycles. The number of carbonyl (C=O) groups is 2. The summed E-state index contributed by atoms with van der Waals surface area (Å²) >= 11 is 2.86. The van der Waals surface area contributed by atoms with Gasteiger partial charge in [0.15, 0.2) is 11.9 Å². The Morgan fingerprint density at radius 3 is 2.08 bits per heavy atom. The number of hydrogen-bond acceptors (Lipinski definition) is 10. The van der Waals surface area contributed by atoms with Crippen LogP contribution in [0.15, 0.2) is 48.5 Å². The van der Waals surface area contributed by atoms with Gasteiger partial charge >= 0.3 is 0 Å². The fourth-order valence-electron chi connectivity index (χ4n) is 4.68. The van der Waals surface area contributed by atoms with E-state index in [9.17, 15) is 9.59 Å². The first-order chi connectivity index (χ1) is 18.6. The lowest BCUT2D eigenvalue weighted by molar-refractivity contribution is -0.129. The highest BCUT2D eigenvalue weighted by Gasteiger charge is 2.31. The van der Waals surface area contributed by atoms with Crippen LogP contribution in [-0.2, 0) is 51.5 Å². The van der Waals surface area contributed by atoms with Crippen LogP contribution in [0, 0.1) is 0 Å². The Hall–Kier alpha value is -3.38. The lowest BCUT2D eigenvalue weighted by atomic mass is 10.0. The number of rotatable bonds is 10. The van der Waals surface area contributed by atoms with Crippen molar-refractivity contribution in [3.05, 3.63) is 85.8 Å². The molecule has 2 unspecified atom stereocenters. The number of hydrogen-bond donors (Lipinski definition) is 1. The van der Waals surface area contributed by atoms with Crippen molar-refractivity contribution in [1.82, 2.24) is 20.4 Å². The summed E-state index contributed by atoms with van der Waals surface area (Å²) in [7, 11) is 0. The summed E-state index contributed by atoms with van der Waals surface area (Å²) in [4.78, 5) is 25.4. The Morgan fingerprint density at radius 2 is 1.34 bits per heavy atom. The number of ether oxygens (including phenoxy) is 2. The average molecular weight is 548 g/mol. The van der Waals surface area contributed by atoms with Crippen molar-refractivity contribution in [2.45, 2.75) is 57.5 Å². The van der Waals surface area contributed by atoms with E-state index in [0.717, 1.165) is 63.0 Å². The molecular formula is C27H25N5O4S2. The topological polar surface area (TPSA) is 116 Å². The van der Waals surface area contributed by atoms with Gasteiger partial charge in [-0.1, -0.05) is 59.9 Å². The molecule has 2 aromatic heterocycles. The smallest absolute Gasteiger partial charge is 0.259 e. The number of amides is 1. The lowest BCUT2D eigenvalue weighted by Crippen LogP contribution is -2.20. The fraction of sp³-hybridized carbons (Fsp3) is 0.333. The Bertz CT molecular complexity index is 1360. The minimum atomic E-state index is -0.618. The molecule has 194 valence electrons.